The summed E-state index contributed by atoms with van der Waals surface area (Å²) in [5.74, 6) is 5.43. The first-order chi connectivity index (χ1) is 7.24. The molecule has 0 aliphatic carbocycles. The van der Waals surface area contributed by atoms with E-state index in [4.69, 9.17) is 11.6 Å². The number of halogens is 1. The van der Waals surface area contributed by atoms with Crippen molar-refractivity contribution in [3.8, 4) is 11.8 Å². The van der Waals surface area contributed by atoms with Gasteiger partial charge >= 0.3 is 6.16 Å². The second kappa shape index (κ2) is 5.94. The lowest BCUT2D eigenvalue weighted by molar-refractivity contribution is 0.0833. The minimum atomic E-state index is -0.747. The van der Waals surface area contributed by atoms with Crippen molar-refractivity contribution >= 4 is 17.8 Å². The van der Waals surface area contributed by atoms with Crippen LogP contribution in [0, 0.1) is 11.8 Å². The van der Waals surface area contributed by atoms with Crippen LogP contribution < -0.4 is 0 Å². The van der Waals surface area contributed by atoms with Gasteiger partial charge in [-0.15, -0.1) is 0 Å². The largest absolute Gasteiger partial charge is 0.508 e. The molecule has 78 valence electrons. The standard InChI is InChI=1S/C11H9ClO3/c1-14-11(13)15-8-4-6-9-5-2-3-7-10(9)12/h2-3,5,7H,8H2,1H3. The summed E-state index contributed by atoms with van der Waals surface area (Å²) >= 11 is 5.86. The summed E-state index contributed by atoms with van der Waals surface area (Å²) in [7, 11) is 1.24. The van der Waals surface area contributed by atoms with Crippen molar-refractivity contribution in [3.63, 3.8) is 0 Å². The second-order valence-corrected chi connectivity index (χ2v) is 2.93. The van der Waals surface area contributed by atoms with Crippen molar-refractivity contribution in [1.82, 2.24) is 0 Å². The van der Waals surface area contributed by atoms with E-state index < -0.39 is 6.16 Å². The smallest absolute Gasteiger partial charge is 0.438 e. The average Bonchev–Trinajstić information content (AvgIpc) is 2.26. The van der Waals surface area contributed by atoms with Crippen molar-refractivity contribution in [2.24, 2.45) is 0 Å². The first-order valence-corrected chi connectivity index (χ1v) is 4.56. The van der Waals surface area contributed by atoms with Gasteiger partial charge in [-0.3, -0.25) is 0 Å². The number of benzene rings is 1. The maximum Gasteiger partial charge on any atom is 0.508 e. The molecular formula is C11H9ClO3. The van der Waals surface area contributed by atoms with E-state index in [-0.39, 0.29) is 6.61 Å². The van der Waals surface area contributed by atoms with Gasteiger partial charge in [0.15, 0.2) is 6.61 Å². The van der Waals surface area contributed by atoms with Crippen LogP contribution in [-0.2, 0) is 9.47 Å². The van der Waals surface area contributed by atoms with Crippen LogP contribution in [0.2, 0.25) is 5.02 Å². The molecule has 0 aromatic heterocycles. The average molecular weight is 225 g/mol. The van der Waals surface area contributed by atoms with Crippen LogP contribution in [0.1, 0.15) is 5.56 Å². The molecule has 0 unspecified atom stereocenters. The molecule has 0 aliphatic heterocycles. The Hall–Kier alpha value is -1.66. The lowest BCUT2D eigenvalue weighted by Gasteiger charge is -1.96. The summed E-state index contributed by atoms with van der Waals surface area (Å²) in [5.41, 5.74) is 0.702. The summed E-state index contributed by atoms with van der Waals surface area (Å²) in [5, 5.41) is 0.572. The predicted octanol–water partition coefficient (Wildman–Crippen LogP) is 2.47. The molecule has 1 rings (SSSR count). The van der Waals surface area contributed by atoms with Gasteiger partial charge in [0, 0.05) is 5.56 Å². The van der Waals surface area contributed by atoms with Gasteiger partial charge in [0.05, 0.1) is 12.1 Å². The number of hydrogen-bond acceptors (Lipinski definition) is 3. The number of ether oxygens (including phenoxy) is 2. The molecule has 0 saturated heterocycles. The topological polar surface area (TPSA) is 35.5 Å². The predicted molar refractivity (Wildman–Crippen MR) is 56.7 cm³/mol. The van der Waals surface area contributed by atoms with Crippen LogP contribution in [0.4, 0.5) is 4.79 Å². The van der Waals surface area contributed by atoms with Gasteiger partial charge in [0.25, 0.3) is 0 Å². The molecular weight excluding hydrogens is 216 g/mol. The van der Waals surface area contributed by atoms with Crippen LogP contribution in [0.3, 0.4) is 0 Å². The van der Waals surface area contributed by atoms with E-state index >= 15 is 0 Å². The SMILES string of the molecule is COC(=O)OCC#Cc1ccccc1Cl. The van der Waals surface area contributed by atoms with Crippen LogP contribution >= 0.6 is 11.6 Å². The summed E-state index contributed by atoms with van der Waals surface area (Å²) in [4.78, 5) is 10.6. The fourth-order valence-corrected chi connectivity index (χ4v) is 1.03. The third-order valence-electron chi connectivity index (χ3n) is 1.53. The van der Waals surface area contributed by atoms with Crippen molar-refractivity contribution in [3.05, 3.63) is 34.9 Å². The van der Waals surface area contributed by atoms with Gasteiger partial charge in [-0.2, -0.15) is 0 Å². The van der Waals surface area contributed by atoms with Gasteiger partial charge in [0.2, 0.25) is 0 Å². The van der Waals surface area contributed by atoms with Gasteiger partial charge in [0.1, 0.15) is 0 Å². The Kier molecular flexibility index (Phi) is 4.52. The molecule has 0 atom stereocenters. The number of carbonyl (C=O) groups excluding carboxylic acids is 1. The lowest BCUT2D eigenvalue weighted by Crippen LogP contribution is -2.03. The third-order valence-corrected chi connectivity index (χ3v) is 1.86. The lowest BCUT2D eigenvalue weighted by atomic mass is 10.2. The van der Waals surface area contributed by atoms with Crippen LogP contribution in [-0.4, -0.2) is 19.9 Å². The highest BCUT2D eigenvalue weighted by Crippen LogP contribution is 2.12. The molecule has 0 spiro atoms. The molecule has 1 aromatic carbocycles. The van der Waals surface area contributed by atoms with Crippen molar-refractivity contribution < 1.29 is 14.3 Å². The maximum absolute atomic E-state index is 10.6. The molecule has 0 amide bonds. The van der Waals surface area contributed by atoms with Gasteiger partial charge in [-0.1, -0.05) is 35.6 Å². The highest BCUT2D eigenvalue weighted by atomic mass is 35.5. The van der Waals surface area contributed by atoms with Gasteiger partial charge in [-0.25, -0.2) is 4.79 Å². The van der Waals surface area contributed by atoms with E-state index in [0.717, 1.165) is 0 Å². The highest BCUT2D eigenvalue weighted by molar-refractivity contribution is 6.31. The number of hydrogen-bond donors (Lipinski definition) is 0. The molecule has 15 heavy (non-hydrogen) atoms. The van der Waals surface area contributed by atoms with Crippen molar-refractivity contribution in [1.29, 1.82) is 0 Å². The molecule has 1 aromatic rings. The molecule has 3 nitrogen and oxygen atoms in total. The maximum atomic E-state index is 10.6. The minimum Gasteiger partial charge on any atom is -0.438 e. The van der Waals surface area contributed by atoms with E-state index in [1.165, 1.54) is 7.11 Å². The van der Waals surface area contributed by atoms with Gasteiger partial charge in [-0.05, 0) is 12.1 Å². The number of carbonyl (C=O) groups is 1. The highest BCUT2D eigenvalue weighted by Gasteiger charge is 1.96. The number of methoxy groups -OCH3 is 1. The molecule has 0 aliphatic rings. The minimum absolute atomic E-state index is 0.0160. The second-order valence-electron chi connectivity index (χ2n) is 2.52. The van der Waals surface area contributed by atoms with E-state index in [1.54, 1.807) is 12.1 Å². The molecule has 0 N–H and O–H groups in total. The molecule has 4 heteroatoms. The zero-order valence-corrected chi connectivity index (χ0v) is 8.88. The van der Waals surface area contributed by atoms with E-state index in [2.05, 4.69) is 21.3 Å². The number of rotatable bonds is 1. The fraction of sp³-hybridized carbons (Fsp3) is 0.182. The van der Waals surface area contributed by atoms with Crippen molar-refractivity contribution in [2.75, 3.05) is 13.7 Å². The first-order valence-electron chi connectivity index (χ1n) is 4.18. The molecule has 0 heterocycles. The zero-order valence-electron chi connectivity index (χ0n) is 8.12. The Balaban J connectivity index is 2.52. The fourth-order valence-electron chi connectivity index (χ4n) is 0.848. The molecule has 0 saturated carbocycles. The first kappa shape index (κ1) is 11.4. The summed E-state index contributed by atoms with van der Waals surface area (Å²) in [6.45, 7) is -0.0160. The molecule has 0 radical (unpaired) electrons. The van der Waals surface area contributed by atoms with Crippen LogP contribution in [0.25, 0.3) is 0 Å². The summed E-state index contributed by atoms with van der Waals surface area (Å²) in [6, 6.07) is 7.18. The van der Waals surface area contributed by atoms with Crippen molar-refractivity contribution in [2.45, 2.75) is 0 Å². The Morgan fingerprint density at radius 2 is 2.20 bits per heavy atom. The Morgan fingerprint density at radius 1 is 1.47 bits per heavy atom. The van der Waals surface area contributed by atoms with E-state index in [1.807, 2.05) is 12.1 Å². The summed E-state index contributed by atoms with van der Waals surface area (Å²) in [6.07, 6.45) is -0.747. The Labute approximate surface area is 92.9 Å². The molecule has 0 bridgehead atoms. The van der Waals surface area contributed by atoms with Gasteiger partial charge < -0.3 is 9.47 Å². The Bertz CT molecular complexity index is 404. The summed E-state index contributed by atoms with van der Waals surface area (Å²) < 4.78 is 8.85. The monoisotopic (exact) mass is 224 g/mol. The Morgan fingerprint density at radius 3 is 2.87 bits per heavy atom. The van der Waals surface area contributed by atoms with Crippen LogP contribution in [0.5, 0.6) is 0 Å². The van der Waals surface area contributed by atoms with E-state index in [0.29, 0.717) is 10.6 Å². The quantitative estimate of drug-likeness (QED) is 0.543. The van der Waals surface area contributed by atoms with E-state index in [9.17, 15) is 4.79 Å². The molecule has 0 fully saturated rings. The normalized spacial score (nSPS) is 8.67. The zero-order chi connectivity index (χ0) is 11.1. The third kappa shape index (κ3) is 3.92. The van der Waals surface area contributed by atoms with Crippen LogP contribution in [0.15, 0.2) is 24.3 Å².